The van der Waals surface area contributed by atoms with E-state index >= 15 is 0 Å². The first-order valence-corrected chi connectivity index (χ1v) is 11.2. The molecule has 0 aliphatic rings. The van der Waals surface area contributed by atoms with Gasteiger partial charge in [0.2, 0.25) is 5.91 Å². The molecule has 2 aromatic heterocycles. The fraction of sp³-hybridized carbons (Fsp3) is 0.381. The summed E-state index contributed by atoms with van der Waals surface area (Å²) < 4.78 is 1.73. The molecule has 148 valence electrons. The number of carbonyl (C=O) groups is 1. The molecule has 1 amide bonds. The van der Waals surface area contributed by atoms with Crippen LogP contribution in [0.5, 0.6) is 0 Å². The maximum absolute atomic E-state index is 13.1. The molecule has 3 rings (SSSR count). The van der Waals surface area contributed by atoms with Crippen LogP contribution in [0.3, 0.4) is 0 Å². The van der Waals surface area contributed by atoms with Crippen LogP contribution in [-0.2, 0) is 11.3 Å². The van der Waals surface area contributed by atoms with Crippen LogP contribution in [-0.4, -0.2) is 21.2 Å². The van der Waals surface area contributed by atoms with Gasteiger partial charge >= 0.3 is 0 Å². The lowest BCUT2D eigenvalue weighted by Gasteiger charge is -2.12. The Balaban J connectivity index is 1.86. The van der Waals surface area contributed by atoms with Gasteiger partial charge in [-0.25, -0.2) is 4.98 Å². The number of nitrogens with one attached hydrogen (secondary N) is 1. The van der Waals surface area contributed by atoms with Crippen LogP contribution < -0.4 is 10.9 Å². The number of thioether (sulfide) groups is 1. The van der Waals surface area contributed by atoms with Gasteiger partial charge in [0.15, 0.2) is 5.16 Å². The molecule has 2 heterocycles. The van der Waals surface area contributed by atoms with E-state index < -0.39 is 0 Å². The lowest BCUT2D eigenvalue weighted by atomic mass is 10.2. The van der Waals surface area contributed by atoms with Crippen molar-refractivity contribution in [3.05, 3.63) is 50.6 Å². The number of aryl methyl sites for hydroxylation is 3. The van der Waals surface area contributed by atoms with Crippen molar-refractivity contribution in [2.24, 2.45) is 0 Å². The maximum atomic E-state index is 13.1. The predicted octanol–water partition coefficient (Wildman–Crippen LogP) is 4.91. The Kier molecular flexibility index (Phi) is 6.57. The molecule has 7 heteroatoms. The number of thiophene rings is 1. The second-order valence-corrected chi connectivity index (χ2v) is 8.97. The highest BCUT2D eigenvalue weighted by molar-refractivity contribution is 7.99. The van der Waals surface area contributed by atoms with Gasteiger partial charge in [-0.3, -0.25) is 14.2 Å². The average Bonchev–Trinajstić information content (AvgIpc) is 2.95. The Hall–Kier alpha value is -2.12. The van der Waals surface area contributed by atoms with Crippen LogP contribution in [0, 0.1) is 20.8 Å². The first-order chi connectivity index (χ1) is 13.4. The zero-order chi connectivity index (χ0) is 20.3. The second-order valence-electron chi connectivity index (χ2n) is 6.82. The number of para-hydroxylation sites is 1. The van der Waals surface area contributed by atoms with Crippen molar-refractivity contribution in [1.82, 2.24) is 9.55 Å². The van der Waals surface area contributed by atoms with Crippen molar-refractivity contribution in [2.75, 3.05) is 11.1 Å². The number of amides is 1. The minimum atomic E-state index is -0.103. The number of carbonyl (C=O) groups excluding carboxylic acids is 1. The molecule has 0 saturated carbocycles. The highest BCUT2D eigenvalue weighted by Gasteiger charge is 2.17. The topological polar surface area (TPSA) is 64.0 Å². The van der Waals surface area contributed by atoms with E-state index in [1.54, 1.807) is 15.9 Å². The van der Waals surface area contributed by atoms with Gasteiger partial charge in [-0.1, -0.05) is 43.3 Å². The zero-order valence-corrected chi connectivity index (χ0v) is 18.3. The van der Waals surface area contributed by atoms with E-state index in [1.165, 1.54) is 11.8 Å². The molecule has 0 aliphatic carbocycles. The van der Waals surface area contributed by atoms with Gasteiger partial charge in [-0.2, -0.15) is 0 Å². The van der Waals surface area contributed by atoms with Crippen LogP contribution in [0.15, 0.2) is 34.2 Å². The summed E-state index contributed by atoms with van der Waals surface area (Å²) in [5, 5.41) is 4.27. The van der Waals surface area contributed by atoms with Crippen molar-refractivity contribution in [2.45, 2.75) is 52.2 Å². The molecule has 1 N–H and O–H groups in total. The number of unbranched alkanes of at least 4 members (excludes halogenated alkanes) is 1. The van der Waals surface area contributed by atoms with Gasteiger partial charge in [0.25, 0.3) is 5.56 Å². The summed E-state index contributed by atoms with van der Waals surface area (Å²) in [7, 11) is 0. The first-order valence-electron chi connectivity index (χ1n) is 9.41. The molecule has 0 bridgehead atoms. The van der Waals surface area contributed by atoms with Crippen molar-refractivity contribution in [1.29, 1.82) is 0 Å². The Bertz CT molecular complexity index is 1070. The lowest BCUT2D eigenvalue weighted by Crippen LogP contribution is -2.24. The molecule has 28 heavy (non-hydrogen) atoms. The van der Waals surface area contributed by atoms with Crippen molar-refractivity contribution in [3.8, 4) is 0 Å². The summed E-state index contributed by atoms with van der Waals surface area (Å²) in [5.41, 5.74) is 2.84. The van der Waals surface area contributed by atoms with E-state index in [0.717, 1.165) is 39.4 Å². The highest BCUT2D eigenvalue weighted by Crippen LogP contribution is 2.28. The number of benzene rings is 1. The number of fused-ring (bicyclic) bond motifs is 1. The third-order valence-electron chi connectivity index (χ3n) is 4.74. The molecule has 0 fully saturated rings. The standard InChI is InChI=1S/C21H25N3O2S2/c1-5-6-11-24-20(26)18-14(3)15(4)28-19(18)23-21(24)27-12-17(25)22-16-10-8-7-9-13(16)2/h7-10H,5-6,11-12H2,1-4H3,(H,22,25). The predicted molar refractivity (Wildman–Crippen MR) is 119 cm³/mol. The van der Waals surface area contributed by atoms with Crippen LogP contribution >= 0.6 is 23.1 Å². The van der Waals surface area contributed by atoms with E-state index in [0.29, 0.717) is 17.1 Å². The highest BCUT2D eigenvalue weighted by atomic mass is 32.2. The summed E-state index contributed by atoms with van der Waals surface area (Å²) >= 11 is 2.86. The summed E-state index contributed by atoms with van der Waals surface area (Å²) in [6.07, 6.45) is 1.89. The SMILES string of the molecule is CCCCn1c(SCC(=O)Nc2ccccc2C)nc2sc(C)c(C)c2c1=O. The number of rotatable bonds is 7. The molecule has 1 aromatic carbocycles. The molecule has 5 nitrogen and oxygen atoms in total. The van der Waals surface area contributed by atoms with Gasteiger partial charge in [-0.15, -0.1) is 11.3 Å². The van der Waals surface area contributed by atoms with E-state index in [-0.39, 0.29) is 17.2 Å². The fourth-order valence-corrected chi connectivity index (χ4v) is 4.86. The van der Waals surface area contributed by atoms with E-state index in [4.69, 9.17) is 4.98 Å². The third kappa shape index (κ3) is 4.31. The van der Waals surface area contributed by atoms with E-state index in [2.05, 4.69) is 12.2 Å². The van der Waals surface area contributed by atoms with E-state index in [1.807, 2.05) is 45.0 Å². The number of anilines is 1. The molecular formula is C21H25N3O2S2. The van der Waals surface area contributed by atoms with Crippen LogP contribution in [0.2, 0.25) is 0 Å². The summed E-state index contributed by atoms with van der Waals surface area (Å²) in [4.78, 5) is 32.1. The molecule has 0 aliphatic heterocycles. The number of hydrogen-bond donors (Lipinski definition) is 1. The average molecular weight is 416 g/mol. The quantitative estimate of drug-likeness (QED) is 0.440. The zero-order valence-electron chi connectivity index (χ0n) is 16.7. The lowest BCUT2D eigenvalue weighted by molar-refractivity contribution is -0.113. The van der Waals surface area contributed by atoms with Crippen LogP contribution in [0.1, 0.15) is 35.8 Å². The number of nitrogens with zero attached hydrogens (tertiary/aromatic N) is 2. The van der Waals surface area contributed by atoms with Crippen LogP contribution in [0.4, 0.5) is 5.69 Å². The smallest absolute Gasteiger partial charge is 0.263 e. The van der Waals surface area contributed by atoms with E-state index in [9.17, 15) is 9.59 Å². The van der Waals surface area contributed by atoms with Crippen LogP contribution in [0.25, 0.3) is 10.2 Å². The summed E-state index contributed by atoms with van der Waals surface area (Å²) in [6.45, 7) is 8.67. The van der Waals surface area contributed by atoms with Gasteiger partial charge in [0, 0.05) is 17.1 Å². The molecule has 3 aromatic rings. The van der Waals surface area contributed by atoms with Crippen molar-refractivity contribution in [3.63, 3.8) is 0 Å². The van der Waals surface area contributed by atoms with Crippen molar-refractivity contribution >= 4 is 44.9 Å². The van der Waals surface area contributed by atoms with Gasteiger partial charge in [0.1, 0.15) is 4.83 Å². The maximum Gasteiger partial charge on any atom is 0.263 e. The number of aromatic nitrogens is 2. The molecule has 0 spiro atoms. The monoisotopic (exact) mass is 415 g/mol. The molecular weight excluding hydrogens is 390 g/mol. The Labute approximate surface area is 173 Å². The van der Waals surface area contributed by atoms with Gasteiger partial charge in [-0.05, 0) is 44.4 Å². The minimum Gasteiger partial charge on any atom is -0.325 e. The Morgan fingerprint density at radius 2 is 2.00 bits per heavy atom. The summed E-state index contributed by atoms with van der Waals surface area (Å²) in [5.74, 6) is 0.107. The third-order valence-corrected chi connectivity index (χ3v) is 6.82. The fourth-order valence-electron chi connectivity index (χ4n) is 2.96. The van der Waals surface area contributed by atoms with Gasteiger partial charge < -0.3 is 5.32 Å². The van der Waals surface area contributed by atoms with Gasteiger partial charge in [0.05, 0.1) is 11.1 Å². The molecule has 0 radical (unpaired) electrons. The molecule has 0 atom stereocenters. The minimum absolute atomic E-state index is 0.00196. The Morgan fingerprint density at radius 3 is 2.71 bits per heavy atom. The normalized spacial score (nSPS) is 11.1. The molecule has 0 unspecified atom stereocenters. The largest absolute Gasteiger partial charge is 0.325 e. The second kappa shape index (κ2) is 8.92. The molecule has 0 saturated heterocycles. The van der Waals surface area contributed by atoms with Crippen molar-refractivity contribution < 1.29 is 4.79 Å². The summed E-state index contributed by atoms with van der Waals surface area (Å²) in [6, 6.07) is 7.68. The first kappa shape index (κ1) is 20.6. The Morgan fingerprint density at radius 1 is 1.25 bits per heavy atom. The number of hydrogen-bond acceptors (Lipinski definition) is 5.